The molecule has 0 aromatic carbocycles. The van der Waals surface area contributed by atoms with E-state index in [9.17, 15) is 0 Å². The lowest BCUT2D eigenvalue weighted by Gasteiger charge is -2.17. The van der Waals surface area contributed by atoms with Crippen LogP contribution >= 0.6 is 22.7 Å². The van der Waals surface area contributed by atoms with Gasteiger partial charge < -0.3 is 10.1 Å². The zero-order valence-corrected chi connectivity index (χ0v) is 15.0. The van der Waals surface area contributed by atoms with Crippen LogP contribution in [0.4, 0.5) is 0 Å². The van der Waals surface area contributed by atoms with E-state index >= 15 is 0 Å². The fourth-order valence-corrected chi connectivity index (χ4v) is 4.16. The summed E-state index contributed by atoms with van der Waals surface area (Å²) < 4.78 is 5.15. The van der Waals surface area contributed by atoms with E-state index in [0.717, 1.165) is 17.2 Å². The number of rotatable bonds is 6. The molecule has 1 N–H and O–H groups in total. The van der Waals surface area contributed by atoms with E-state index in [1.165, 1.54) is 9.75 Å². The molecule has 0 aliphatic carbocycles. The lowest BCUT2D eigenvalue weighted by atomic mass is 9.93. The van der Waals surface area contributed by atoms with Crippen LogP contribution in [0.3, 0.4) is 0 Å². The highest BCUT2D eigenvalue weighted by Gasteiger charge is 2.23. The molecule has 3 nitrogen and oxygen atoms in total. The largest absolute Gasteiger partial charge is 0.383 e. The second-order valence-corrected chi connectivity index (χ2v) is 8.36. The fraction of sp³-hybridized carbons (Fsp3) is 0.562. The Labute approximate surface area is 135 Å². The standard InChI is InChI=1S/C16H24N2OS2/c1-11-6-7-12(21-11)14(17-8-9-19-5)15-18-13(10-20-15)16(2,3)4/h6-7,10,14,17H,8-9H2,1-5H3. The molecule has 116 valence electrons. The van der Waals surface area contributed by atoms with Crippen LogP contribution in [0.1, 0.15) is 47.3 Å². The van der Waals surface area contributed by atoms with Gasteiger partial charge in [0.15, 0.2) is 0 Å². The smallest absolute Gasteiger partial charge is 0.115 e. The lowest BCUT2D eigenvalue weighted by Crippen LogP contribution is -2.25. The molecule has 0 spiro atoms. The Balaban J connectivity index is 2.24. The van der Waals surface area contributed by atoms with Gasteiger partial charge in [0.05, 0.1) is 18.3 Å². The Morgan fingerprint density at radius 3 is 2.62 bits per heavy atom. The molecule has 0 aliphatic rings. The monoisotopic (exact) mass is 324 g/mol. The highest BCUT2D eigenvalue weighted by molar-refractivity contribution is 7.12. The van der Waals surface area contributed by atoms with Crippen LogP contribution in [0.5, 0.6) is 0 Å². The number of aromatic nitrogens is 1. The van der Waals surface area contributed by atoms with E-state index in [2.05, 4.69) is 50.5 Å². The maximum Gasteiger partial charge on any atom is 0.115 e. The molecular weight excluding hydrogens is 300 g/mol. The van der Waals surface area contributed by atoms with Crippen molar-refractivity contribution in [1.82, 2.24) is 10.3 Å². The van der Waals surface area contributed by atoms with Crippen LogP contribution in [0, 0.1) is 6.92 Å². The van der Waals surface area contributed by atoms with E-state index < -0.39 is 0 Å². The molecule has 0 saturated heterocycles. The number of methoxy groups -OCH3 is 1. The average Bonchev–Trinajstić information content (AvgIpc) is 3.03. The van der Waals surface area contributed by atoms with Crippen LogP contribution < -0.4 is 5.32 Å². The quantitative estimate of drug-likeness (QED) is 0.811. The van der Waals surface area contributed by atoms with E-state index in [4.69, 9.17) is 9.72 Å². The second kappa shape index (κ2) is 7.01. The van der Waals surface area contributed by atoms with Gasteiger partial charge in [-0.3, -0.25) is 0 Å². The van der Waals surface area contributed by atoms with Crippen LogP contribution in [0.2, 0.25) is 0 Å². The Morgan fingerprint density at radius 1 is 1.33 bits per heavy atom. The number of ether oxygens (including phenoxy) is 1. The molecule has 2 heterocycles. The van der Waals surface area contributed by atoms with E-state index in [1.807, 2.05) is 11.3 Å². The van der Waals surface area contributed by atoms with Gasteiger partial charge in [0.2, 0.25) is 0 Å². The molecule has 2 aromatic heterocycles. The summed E-state index contributed by atoms with van der Waals surface area (Å²) in [6.07, 6.45) is 0. The van der Waals surface area contributed by atoms with Gasteiger partial charge in [0, 0.05) is 34.2 Å². The summed E-state index contributed by atoms with van der Waals surface area (Å²) in [5.41, 5.74) is 1.26. The third-order valence-electron chi connectivity index (χ3n) is 3.24. The zero-order chi connectivity index (χ0) is 15.5. The second-order valence-electron chi connectivity index (χ2n) is 6.15. The number of thiophene rings is 1. The molecule has 0 aliphatic heterocycles. The van der Waals surface area contributed by atoms with Crippen molar-refractivity contribution in [2.45, 2.75) is 39.2 Å². The van der Waals surface area contributed by atoms with Gasteiger partial charge in [-0.15, -0.1) is 22.7 Å². The molecule has 0 radical (unpaired) electrons. The minimum atomic E-state index is 0.0944. The predicted octanol–water partition coefficient (Wildman–Crippen LogP) is 4.14. The van der Waals surface area contributed by atoms with Crippen molar-refractivity contribution in [3.8, 4) is 0 Å². The normalized spacial score (nSPS) is 13.6. The van der Waals surface area contributed by atoms with Crippen molar-refractivity contribution >= 4 is 22.7 Å². The van der Waals surface area contributed by atoms with Crippen LogP contribution in [0.15, 0.2) is 17.5 Å². The lowest BCUT2D eigenvalue weighted by molar-refractivity contribution is 0.197. The molecule has 0 fully saturated rings. The summed E-state index contributed by atoms with van der Waals surface area (Å²) in [5.74, 6) is 0. The first-order valence-corrected chi connectivity index (χ1v) is 8.86. The summed E-state index contributed by atoms with van der Waals surface area (Å²) in [6.45, 7) is 10.3. The number of aryl methyl sites for hydroxylation is 1. The van der Waals surface area contributed by atoms with Gasteiger partial charge in [-0.1, -0.05) is 20.8 Å². The van der Waals surface area contributed by atoms with Crippen molar-refractivity contribution in [3.63, 3.8) is 0 Å². The molecule has 1 atom stereocenters. The maximum absolute atomic E-state index is 5.15. The molecule has 2 rings (SSSR count). The first-order chi connectivity index (χ1) is 9.91. The van der Waals surface area contributed by atoms with Gasteiger partial charge in [-0.25, -0.2) is 4.98 Å². The molecule has 0 bridgehead atoms. The van der Waals surface area contributed by atoms with Crippen LogP contribution in [-0.4, -0.2) is 25.2 Å². The summed E-state index contributed by atoms with van der Waals surface area (Å²) >= 11 is 3.57. The van der Waals surface area contributed by atoms with Gasteiger partial charge in [0.25, 0.3) is 0 Å². The average molecular weight is 325 g/mol. The van der Waals surface area contributed by atoms with E-state index in [-0.39, 0.29) is 11.5 Å². The summed E-state index contributed by atoms with van der Waals surface area (Å²) in [4.78, 5) is 7.52. The minimum Gasteiger partial charge on any atom is -0.383 e. The Kier molecular flexibility index (Phi) is 5.54. The third kappa shape index (κ3) is 4.36. The molecular formula is C16H24N2OS2. The first kappa shape index (κ1) is 16.6. The van der Waals surface area contributed by atoms with E-state index in [1.54, 1.807) is 18.4 Å². The minimum absolute atomic E-state index is 0.0944. The number of nitrogens with zero attached hydrogens (tertiary/aromatic N) is 1. The molecule has 0 amide bonds. The number of hydrogen-bond donors (Lipinski definition) is 1. The molecule has 21 heavy (non-hydrogen) atoms. The Hall–Kier alpha value is -0.750. The van der Waals surface area contributed by atoms with Gasteiger partial charge in [-0.2, -0.15) is 0 Å². The van der Waals surface area contributed by atoms with Gasteiger partial charge in [-0.05, 0) is 19.1 Å². The van der Waals surface area contributed by atoms with Gasteiger partial charge in [0.1, 0.15) is 5.01 Å². The fourth-order valence-electron chi connectivity index (χ4n) is 1.99. The van der Waals surface area contributed by atoms with Crippen molar-refractivity contribution in [3.05, 3.63) is 38.0 Å². The summed E-state index contributed by atoms with van der Waals surface area (Å²) in [7, 11) is 1.73. The summed E-state index contributed by atoms with van der Waals surface area (Å²) in [6, 6.07) is 4.53. The Morgan fingerprint density at radius 2 is 2.10 bits per heavy atom. The number of thiazole rings is 1. The summed E-state index contributed by atoms with van der Waals surface area (Å²) in [5, 5.41) is 6.88. The maximum atomic E-state index is 5.15. The van der Waals surface area contributed by atoms with Crippen LogP contribution in [0.25, 0.3) is 0 Å². The van der Waals surface area contributed by atoms with Crippen molar-refractivity contribution < 1.29 is 4.74 Å². The molecule has 1 unspecified atom stereocenters. The highest BCUT2D eigenvalue weighted by Crippen LogP contribution is 2.32. The first-order valence-electron chi connectivity index (χ1n) is 7.16. The third-order valence-corrected chi connectivity index (χ3v) is 5.21. The number of hydrogen-bond acceptors (Lipinski definition) is 5. The molecule has 2 aromatic rings. The van der Waals surface area contributed by atoms with Crippen LogP contribution in [-0.2, 0) is 10.2 Å². The topological polar surface area (TPSA) is 34.1 Å². The van der Waals surface area contributed by atoms with E-state index in [0.29, 0.717) is 6.61 Å². The number of nitrogens with one attached hydrogen (secondary N) is 1. The molecule has 0 saturated carbocycles. The van der Waals surface area contributed by atoms with Crippen molar-refractivity contribution in [2.24, 2.45) is 0 Å². The van der Waals surface area contributed by atoms with Crippen molar-refractivity contribution in [1.29, 1.82) is 0 Å². The zero-order valence-electron chi connectivity index (χ0n) is 13.4. The molecule has 5 heteroatoms. The van der Waals surface area contributed by atoms with Crippen molar-refractivity contribution in [2.75, 3.05) is 20.3 Å². The Bertz CT molecular complexity index is 569. The SMILES string of the molecule is COCCNC(c1ccc(C)s1)c1nc(C(C)(C)C)cs1. The highest BCUT2D eigenvalue weighted by atomic mass is 32.1. The predicted molar refractivity (Wildman–Crippen MR) is 91.6 cm³/mol. The van der Waals surface area contributed by atoms with Gasteiger partial charge >= 0.3 is 0 Å².